The Hall–Kier alpha value is -3.71. The largest absolute Gasteiger partial charge is 0.480 e. The molecule has 2 unspecified atom stereocenters. The highest BCUT2D eigenvalue weighted by molar-refractivity contribution is 6.30. The standard InChI is InChI=1S/C32H32ClN3O3/c33-26-15-13-24(14-16-26)29(23-8-2-1-3-9-23)30(36-19-17-34-18-20-36)31(37)35-28(32(38)39)21-25-11-6-10-22-7-4-5-12-27(22)25/h1-16,28-30,34H,17-21H2,(H,35,37)(H,38,39)/t28-,29?,30?/m0/s1. The Balaban J connectivity index is 1.51. The van der Waals surface area contributed by atoms with Crippen LogP contribution in [0.1, 0.15) is 22.6 Å². The average Bonchev–Trinajstić information content (AvgIpc) is 2.97. The van der Waals surface area contributed by atoms with Crippen LogP contribution in [0.25, 0.3) is 10.8 Å². The quantitative estimate of drug-likeness (QED) is 0.286. The van der Waals surface area contributed by atoms with E-state index in [9.17, 15) is 14.7 Å². The molecule has 0 spiro atoms. The van der Waals surface area contributed by atoms with Gasteiger partial charge in [0.05, 0.1) is 0 Å². The van der Waals surface area contributed by atoms with E-state index in [1.54, 1.807) is 0 Å². The van der Waals surface area contributed by atoms with E-state index in [1.165, 1.54) is 0 Å². The molecule has 0 bridgehead atoms. The number of carbonyl (C=O) groups excluding carboxylic acids is 1. The second-order valence-corrected chi connectivity index (χ2v) is 10.3. The van der Waals surface area contributed by atoms with Crippen LogP contribution in [0, 0.1) is 0 Å². The fourth-order valence-electron chi connectivity index (χ4n) is 5.52. The lowest BCUT2D eigenvalue weighted by atomic mass is 9.83. The van der Waals surface area contributed by atoms with Crippen molar-refractivity contribution in [3.05, 3.63) is 119 Å². The smallest absolute Gasteiger partial charge is 0.326 e. The van der Waals surface area contributed by atoms with Crippen molar-refractivity contribution in [2.45, 2.75) is 24.4 Å². The van der Waals surface area contributed by atoms with Gasteiger partial charge in [0.15, 0.2) is 0 Å². The van der Waals surface area contributed by atoms with Crippen molar-refractivity contribution in [2.24, 2.45) is 0 Å². The molecular weight excluding hydrogens is 510 g/mol. The number of rotatable bonds is 9. The molecule has 200 valence electrons. The molecule has 1 saturated heterocycles. The van der Waals surface area contributed by atoms with Gasteiger partial charge in [-0.05, 0) is 39.6 Å². The van der Waals surface area contributed by atoms with Crippen LogP contribution in [0.2, 0.25) is 5.02 Å². The fourth-order valence-corrected chi connectivity index (χ4v) is 5.65. The van der Waals surface area contributed by atoms with Gasteiger partial charge < -0.3 is 15.7 Å². The highest BCUT2D eigenvalue weighted by Crippen LogP contribution is 2.32. The Morgan fingerprint density at radius 2 is 1.49 bits per heavy atom. The molecule has 1 aliphatic heterocycles. The number of hydrogen-bond acceptors (Lipinski definition) is 4. The van der Waals surface area contributed by atoms with Gasteiger partial charge >= 0.3 is 5.97 Å². The molecule has 0 radical (unpaired) electrons. The van der Waals surface area contributed by atoms with Crippen LogP contribution < -0.4 is 10.6 Å². The van der Waals surface area contributed by atoms with Crippen molar-refractivity contribution >= 4 is 34.2 Å². The highest BCUT2D eigenvalue weighted by Gasteiger charge is 2.38. The summed E-state index contributed by atoms with van der Waals surface area (Å²) in [6.45, 7) is 2.86. The van der Waals surface area contributed by atoms with Crippen molar-refractivity contribution in [2.75, 3.05) is 26.2 Å². The maximum absolute atomic E-state index is 14.2. The van der Waals surface area contributed by atoms with Crippen LogP contribution >= 0.6 is 11.6 Å². The number of aliphatic carboxylic acids is 1. The summed E-state index contributed by atoms with van der Waals surface area (Å²) in [5, 5.41) is 19.1. The molecule has 5 rings (SSSR count). The van der Waals surface area contributed by atoms with E-state index in [0.717, 1.165) is 40.6 Å². The SMILES string of the molecule is O=C(N[C@@H](Cc1cccc2ccccc12)C(=O)O)C(C(c1ccccc1)c1ccc(Cl)cc1)N1CCNCC1. The topological polar surface area (TPSA) is 81.7 Å². The van der Waals surface area contributed by atoms with Crippen LogP contribution in [0.4, 0.5) is 0 Å². The molecule has 1 aliphatic rings. The van der Waals surface area contributed by atoms with E-state index in [4.69, 9.17) is 11.6 Å². The molecule has 0 aromatic heterocycles. The third kappa shape index (κ3) is 6.31. The first kappa shape index (κ1) is 26.9. The van der Waals surface area contributed by atoms with Crippen LogP contribution in [-0.2, 0) is 16.0 Å². The predicted molar refractivity (Wildman–Crippen MR) is 155 cm³/mol. The second-order valence-electron chi connectivity index (χ2n) is 9.91. The molecule has 4 aromatic carbocycles. The van der Waals surface area contributed by atoms with Gasteiger partial charge in [-0.2, -0.15) is 0 Å². The summed E-state index contributed by atoms with van der Waals surface area (Å²) in [4.78, 5) is 28.8. The van der Waals surface area contributed by atoms with Gasteiger partial charge in [-0.25, -0.2) is 4.79 Å². The van der Waals surface area contributed by atoms with Gasteiger partial charge in [-0.1, -0.05) is 96.5 Å². The summed E-state index contributed by atoms with van der Waals surface area (Å²) in [5.41, 5.74) is 2.82. The first-order valence-electron chi connectivity index (χ1n) is 13.3. The lowest BCUT2D eigenvalue weighted by molar-refractivity contribution is -0.142. The van der Waals surface area contributed by atoms with Gasteiger partial charge in [-0.3, -0.25) is 9.69 Å². The van der Waals surface area contributed by atoms with E-state index in [2.05, 4.69) is 15.5 Å². The van der Waals surface area contributed by atoms with Gasteiger partial charge in [0, 0.05) is 43.5 Å². The first-order valence-corrected chi connectivity index (χ1v) is 13.6. The lowest BCUT2D eigenvalue weighted by Gasteiger charge is -2.39. The Labute approximate surface area is 233 Å². The van der Waals surface area contributed by atoms with Gasteiger partial charge in [-0.15, -0.1) is 0 Å². The molecular formula is C32H32ClN3O3. The molecule has 3 N–H and O–H groups in total. The third-order valence-corrected chi connectivity index (χ3v) is 7.69. The minimum Gasteiger partial charge on any atom is -0.480 e. The first-order chi connectivity index (χ1) is 19.0. The number of benzene rings is 4. The number of hydrogen-bond donors (Lipinski definition) is 3. The van der Waals surface area contributed by atoms with Crippen LogP contribution in [0.3, 0.4) is 0 Å². The third-order valence-electron chi connectivity index (χ3n) is 7.44. The zero-order valence-corrected chi connectivity index (χ0v) is 22.4. The number of amides is 1. The molecule has 6 nitrogen and oxygen atoms in total. The Morgan fingerprint density at radius 1 is 0.846 bits per heavy atom. The Morgan fingerprint density at radius 3 is 2.21 bits per heavy atom. The molecule has 7 heteroatoms. The number of carboxylic acids is 1. The van der Waals surface area contributed by atoms with Gasteiger partial charge in [0.1, 0.15) is 12.1 Å². The van der Waals surface area contributed by atoms with Gasteiger partial charge in [0.2, 0.25) is 5.91 Å². The van der Waals surface area contributed by atoms with Crippen LogP contribution in [-0.4, -0.2) is 60.1 Å². The number of carboxylic acid groups (broad SMARTS) is 1. The van der Waals surface area contributed by atoms with Crippen molar-refractivity contribution in [3.63, 3.8) is 0 Å². The fraction of sp³-hybridized carbons (Fsp3) is 0.250. The summed E-state index contributed by atoms with van der Waals surface area (Å²) < 4.78 is 0. The molecule has 0 aliphatic carbocycles. The summed E-state index contributed by atoms with van der Waals surface area (Å²) in [7, 11) is 0. The van der Waals surface area contributed by atoms with E-state index in [-0.39, 0.29) is 18.2 Å². The number of fused-ring (bicyclic) bond motifs is 1. The zero-order chi connectivity index (χ0) is 27.2. The Kier molecular flexibility index (Phi) is 8.57. The van der Waals surface area contributed by atoms with E-state index >= 15 is 0 Å². The number of nitrogens with zero attached hydrogens (tertiary/aromatic N) is 1. The van der Waals surface area contributed by atoms with Crippen LogP contribution in [0.15, 0.2) is 97.1 Å². The van der Waals surface area contributed by atoms with Crippen LogP contribution in [0.5, 0.6) is 0 Å². The average molecular weight is 542 g/mol. The number of piperazine rings is 1. The minimum absolute atomic E-state index is 0.188. The van der Waals surface area contributed by atoms with E-state index < -0.39 is 18.1 Å². The molecule has 4 aromatic rings. The number of halogens is 1. The highest BCUT2D eigenvalue weighted by atomic mass is 35.5. The van der Waals surface area contributed by atoms with E-state index in [0.29, 0.717) is 18.1 Å². The second kappa shape index (κ2) is 12.4. The molecule has 1 fully saturated rings. The summed E-state index contributed by atoms with van der Waals surface area (Å²) in [5.74, 6) is -1.67. The zero-order valence-electron chi connectivity index (χ0n) is 21.6. The molecule has 39 heavy (non-hydrogen) atoms. The van der Waals surface area contributed by atoms with Gasteiger partial charge in [0.25, 0.3) is 0 Å². The van der Waals surface area contributed by atoms with Crippen molar-refractivity contribution in [3.8, 4) is 0 Å². The number of nitrogens with one attached hydrogen (secondary N) is 2. The lowest BCUT2D eigenvalue weighted by Crippen LogP contribution is -2.58. The molecule has 3 atom stereocenters. The van der Waals surface area contributed by atoms with Crippen molar-refractivity contribution in [1.29, 1.82) is 0 Å². The maximum atomic E-state index is 14.2. The normalized spacial score (nSPS) is 16.3. The molecule has 1 heterocycles. The minimum atomic E-state index is -1.07. The van der Waals surface area contributed by atoms with Crippen molar-refractivity contribution in [1.82, 2.24) is 15.5 Å². The maximum Gasteiger partial charge on any atom is 0.326 e. The monoisotopic (exact) mass is 541 g/mol. The van der Waals surface area contributed by atoms with E-state index in [1.807, 2.05) is 97.1 Å². The predicted octanol–water partition coefficient (Wildman–Crippen LogP) is 4.71. The molecule has 1 amide bonds. The summed E-state index contributed by atoms with van der Waals surface area (Å²) in [6.07, 6.45) is 0.188. The molecule has 0 saturated carbocycles. The number of carbonyl (C=O) groups is 2. The van der Waals surface area contributed by atoms with Crippen molar-refractivity contribution < 1.29 is 14.7 Å². The summed E-state index contributed by atoms with van der Waals surface area (Å²) in [6, 6.07) is 29.6. The summed E-state index contributed by atoms with van der Waals surface area (Å²) >= 11 is 6.21. The Bertz CT molecular complexity index is 1420.